The molecule has 0 aliphatic rings. The Bertz CT molecular complexity index is 1400. The molecule has 0 bridgehead atoms. The molecule has 4 unspecified atom stereocenters. The Morgan fingerprint density at radius 2 is 1.49 bits per heavy atom. The molecule has 41 heavy (non-hydrogen) atoms. The number of carboxylic acids is 1. The highest BCUT2D eigenvalue weighted by Gasteiger charge is 2.30. The summed E-state index contributed by atoms with van der Waals surface area (Å²) in [6.45, 7) is 1.28. The second-order valence-corrected chi connectivity index (χ2v) is 9.74. The van der Waals surface area contributed by atoms with Crippen molar-refractivity contribution >= 4 is 40.5 Å². The molecule has 0 saturated heterocycles. The van der Waals surface area contributed by atoms with Crippen molar-refractivity contribution in [1.29, 1.82) is 0 Å². The van der Waals surface area contributed by atoms with Crippen molar-refractivity contribution in [2.45, 2.75) is 56.8 Å². The van der Waals surface area contributed by atoms with Gasteiger partial charge >= 0.3 is 5.97 Å². The Balaban J connectivity index is 1.87. The number of fused-ring (bicyclic) bond motifs is 1. The second-order valence-electron chi connectivity index (χ2n) is 9.74. The lowest BCUT2D eigenvalue weighted by Gasteiger charge is -2.25. The first-order valence-electron chi connectivity index (χ1n) is 12.9. The number of primary amides is 1. The Labute approximate surface area is 235 Å². The van der Waals surface area contributed by atoms with Crippen LogP contribution in [0.1, 0.15) is 30.9 Å². The minimum Gasteiger partial charge on any atom is -0.508 e. The normalized spacial score (nSPS) is 13.9. The van der Waals surface area contributed by atoms with Gasteiger partial charge in [-0.3, -0.25) is 24.0 Å². The van der Waals surface area contributed by atoms with Gasteiger partial charge in [-0.05, 0) is 42.7 Å². The minimum atomic E-state index is -1.26. The summed E-state index contributed by atoms with van der Waals surface area (Å²) in [4.78, 5) is 65.1. The van der Waals surface area contributed by atoms with Gasteiger partial charge in [0.1, 0.15) is 23.9 Å². The third-order valence-corrected chi connectivity index (χ3v) is 6.51. The lowest BCUT2D eigenvalue weighted by Crippen LogP contribution is -2.58. The van der Waals surface area contributed by atoms with E-state index in [4.69, 9.17) is 11.5 Å². The first-order chi connectivity index (χ1) is 19.4. The first kappa shape index (κ1) is 30.6. The maximum Gasteiger partial charge on any atom is 0.325 e. The lowest BCUT2D eigenvalue weighted by atomic mass is 10.0. The molecule has 1 aromatic heterocycles. The van der Waals surface area contributed by atoms with E-state index in [-0.39, 0.29) is 31.4 Å². The number of aromatic nitrogens is 1. The third kappa shape index (κ3) is 8.80. The van der Waals surface area contributed by atoms with E-state index >= 15 is 0 Å². The van der Waals surface area contributed by atoms with Crippen LogP contribution in [0.3, 0.4) is 0 Å². The largest absolute Gasteiger partial charge is 0.508 e. The van der Waals surface area contributed by atoms with E-state index in [9.17, 15) is 34.2 Å². The van der Waals surface area contributed by atoms with Gasteiger partial charge in [0.25, 0.3) is 0 Å². The number of phenolic OH excluding ortho intramolecular Hbond substituents is 1. The molecule has 13 heteroatoms. The third-order valence-electron chi connectivity index (χ3n) is 6.51. The van der Waals surface area contributed by atoms with Crippen LogP contribution in [0.25, 0.3) is 10.9 Å². The van der Waals surface area contributed by atoms with Gasteiger partial charge < -0.3 is 42.6 Å². The number of carboxylic acid groups (broad SMARTS) is 1. The molecule has 0 saturated carbocycles. The van der Waals surface area contributed by atoms with E-state index in [1.807, 2.05) is 24.3 Å². The van der Waals surface area contributed by atoms with Gasteiger partial charge in [0.15, 0.2) is 0 Å². The number of carbonyl (C=O) groups is 5. The number of amides is 4. The molecule has 0 fully saturated rings. The predicted octanol–water partition coefficient (Wildman–Crippen LogP) is -0.190. The van der Waals surface area contributed by atoms with E-state index < -0.39 is 53.8 Å². The van der Waals surface area contributed by atoms with Crippen LogP contribution >= 0.6 is 0 Å². The van der Waals surface area contributed by atoms with Crippen LogP contribution in [0.15, 0.2) is 54.7 Å². The molecule has 0 aliphatic heterocycles. The maximum atomic E-state index is 13.6. The SMILES string of the molecule is CC(NC(=O)C(Cc1ccc(O)cc1)NC(=O)C(Cc1c[nH]c2ccccc12)NC(=O)C(N)CCC(N)=O)C(=O)O. The zero-order valence-electron chi connectivity index (χ0n) is 22.4. The van der Waals surface area contributed by atoms with Gasteiger partial charge in [-0.15, -0.1) is 0 Å². The number of para-hydroxylation sites is 1. The molecule has 0 spiro atoms. The van der Waals surface area contributed by atoms with Crippen LogP contribution in [0.2, 0.25) is 0 Å². The number of phenols is 1. The second kappa shape index (κ2) is 13.9. The van der Waals surface area contributed by atoms with Crippen molar-refractivity contribution in [2.24, 2.45) is 11.5 Å². The molecule has 4 atom stereocenters. The number of hydrogen-bond donors (Lipinski definition) is 8. The van der Waals surface area contributed by atoms with E-state index in [1.165, 1.54) is 19.1 Å². The Kier molecular flexibility index (Phi) is 10.4. The van der Waals surface area contributed by atoms with Crippen LogP contribution in [-0.4, -0.2) is 69.0 Å². The molecule has 13 nitrogen and oxygen atoms in total. The molecule has 0 aliphatic carbocycles. The molecule has 4 amide bonds. The number of nitrogens with one attached hydrogen (secondary N) is 4. The number of nitrogens with two attached hydrogens (primary N) is 2. The average Bonchev–Trinajstić information content (AvgIpc) is 3.34. The van der Waals surface area contributed by atoms with Crippen LogP contribution in [0.4, 0.5) is 0 Å². The quantitative estimate of drug-likeness (QED) is 0.130. The molecular weight excluding hydrogens is 532 g/mol. The van der Waals surface area contributed by atoms with Crippen LogP contribution in [0, 0.1) is 0 Å². The number of aliphatic carboxylic acids is 1. The number of carbonyl (C=O) groups excluding carboxylic acids is 4. The van der Waals surface area contributed by atoms with E-state index in [0.717, 1.165) is 10.9 Å². The summed E-state index contributed by atoms with van der Waals surface area (Å²) in [5.74, 6) is -4.04. The van der Waals surface area contributed by atoms with Crippen molar-refractivity contribution < 1.29 is 34.2 Å². The van der Waals surface area contributed by atoms with Crippen molar-refractivity contribution in [3.05, 3.63) is 65.9 Å². The summed E-state index contributed by atoms with van der Waals surface area (Å²) in [6, 6.07) is 8.58. The number of rotatable bonds is 14. The molecule has 0 radical (unpaired) electrons. The molecule has 10 N–H and O–H groups in total. The minimum absolute atomic E-state index is 0.00691. The Morgan fingerprint density at radius 1 is 0.878 bits per heavy atom. The number of aromatic hydroxyl groups is 1. The first-order valence-corrected chi connectivity index (χ1v) is 12.9. The number of H-pyrrole nitrogens is 1. The standard InChI is InChI=1S/C28H34N6O7/c1-15(28(40)41)32-26(38)22(12-16-6-8-18(35)9-7-16)34-27(39)23(33-25(37)20(29)10-11-24(30)36)13-17-14-31-21-5-3-2-4-19(17)21/h2-9,14-15,20,22-23,31,35H,10-13,29H2,1H3,(H2,30,36)(H,32,38)(H,33,37)(H,34,39)(H,40,41). The number of benzene rings is 2. The van der Waals surface area contributed by atoms with E-state index in [0.29, 0.717) is 11.1 Å². The molecule has 3 rings (SSSR count). The van der Waals surface area contributed by atoms with Gasteiger partial charge in [-0.1, -0.05) is 30.3 Å². The van der Waals surface area contributed by atoms with Gasteiger partial charge in [-0.2, -0.15) is 0 Å². The maximum absolute atomic E-state index is 13.6. The summed E-state index contributed by atoms with van der Waals surface area (Å²) in [7, 11) is 0. The van der Waals surface area contributed by atoms with Crippen molar-refractivity contribution in [2.75, 3.05) is 0 Å². The van der Waals surface area contributed by atoms with Gasteiger partial charge in [-0.25, -0.2) is 0 Å². The van der Waals surface area contributed by atoms with Crippen LogP contribution < -0.4 is 27.4 Å². The highest BCUT2D eigenvalue weighted by molar-refractivity contribution is 5.95. The van der Waals surface area contributed by atoms with Crippen LogP contribution in [-0.2, 0) is 36.8 Å². The topological polar surface area (TPSA) is 230 Å². The number of aromatic amines is 1. The molecule has 1 heterocycles. The summed E-state index contributed by atoms with van der Waals surface area (Å²) in [5, 5.41) is 27.3. The van der Waals surface area contributed by atoms with E-state index in [1.54, 1.807) is 18.3 Å². The van der Waals surface area contributed by atoms with Crippen molar-refractivity contribution in [3.63, 3.8) is 0 Å². The molecule has 218 valence electrons. The van der Waals surface area contributed by atoms with Crippen molar-refractivity contribution in [3.8, 4) is 5.75 Å². The van der Waals surface area contributed by atoms with Gasteiger partial charge in [0.2, 0.25) is 23.6 Å². The predicted molar refractivity (Wildman–Crippen MR) is 149 cm³/mol. The van der Waals surface area contributed by atoms with Gasteiger partial charge in [0.05, 0.1) is 6.04 Å². The summed E-state index contributed by atoms with van der Waals surface area (Å²) < 4.78 is 0. The van der Waals surface area contributed by atoms with Gasteiger partial charge in [0, 0.05) is 36.4 Å². The summed E-state index contributed by atoms with van der Waals surface area (Å²) in [5.41, 5.74) is 13.2. The van der Waals surface area contributed by atoms with E-state index in [2.05, 4.69) is 20.9 Å². The van der Waals surface area contributed by atoms with Crippen LogP contribution in [0.5, 0.6) is 5.75 Å². The number of hydrogen-bond acceptors (Lipinski definition) is 7. The molecular formula is C28H34N6O7. The average molecular weight is 567 g/mol. The van der Waals surface area contributed by atoms with Crippen molar-refractivity contribution in [1.82, 2.24) is 20.9 Å². The molecule has 2 aromatic carbocycles. The fourth-order valence-electron chi connectivity index (χ4n) is 4.16. The zero-order valence-corrected chi connectivity index (χ0v) is 22.4. The Hall–Kier alpha value is -4.91. The zero-order chi connectivity index (χ0) is 30.1. The monoisotopic (exact) mass is 566 g/mol. The highest BCUT2D eigenvalue weighted by atomic mass is 16.4. The lowest BCUT2D eigenvalue weighted by molar-refractivity contribution is -0.141. The molecule has 3 aromatic rings. The fraction of sp³-hybridized carbons (Fsp3) is 0.321. The Morgan fingerprint density at radius 3 is 2.15 bits per heavy atom. The fourth-order valence-corrected chi connectivity index (χ4v) is 4.16. The smallest absolute Gasteiger partial charge is 0.325 e. The summed E-state index contributed by atoms with van der Waals surface area (Å²) >= 11 is 0. The highest BCUT2D eigenvalue weighted by Crippen LogP contribution is 2.19. The summed E-state index contributed by atoms with van der Waals surface area (Å²) in [6.07, 6.45) is 1.56.